The first-order valence-corrected chi connectivity index (χ1v) is 9.52. The van der Waals surface area contributed by atoms with Crippen LogP contribution in [0.4, 0.5) is 0 Å². The molecule has 0 bridgehead atoms. The lowest BCUT2D eigenvalue weighted by atomic mass is 9.69. The van der Waals surface area contributed by atoms with Crippen molar-refractivity contribution in [3.8, 4) is 22.7 Å². The summed E-state index contributed by atoms with van der Waals surface area (Å²) in [5, 5.41) is 0. The Morgan fingerprint density at radius 3 is 2.63 bits per heavy atom. The normalized spacial score (nSPS) is 17.9. The Kier molecular flexibility index (Phi) is 4.27. The van der Waals surface area contributed by atoms with Crippen molar-refractivity contribution in [3.05, 3.63) is 74.8 Å². The molecule has 5 heteroatoms. The van der Waals surface area contributed by atoms with E-state index >= 15 is 0 Å². The van der Waals surface area contributed by atoms with Crippen molar-refractivity contribution in [1.82, 2.24) is 9.55 Å². The van der Waals surface area contributed by atoms with Crippen LogP contribution in [0.3, 0.4) is 0 Å². The lowest BCUT2D eigenvalue weighted by Gasteiger charge is -2.35. The van der Waals surface area contributed by atoms with E-state index in [0.29, 0.717) is 16.2 Å². The third-order valence-corrected chi connectivity index (χ3v) is 5.96. The predicted molar refractivity (Wildman–Crippen MR) is 111 cm³/mol. The fourth-order valence-electron chi connectivity index (χ4n) is 4.06. The molecule has 4 nitrogen and oxygen atoms in total. The van der Waals surface area contributed by atoms with Crippen molar-refractivity contribution in [3.63, 3.8) is 0 Å². The summed E-state index contributed by atoms with van der Waals surface area (Å²) in [5.41, 5.74) is 4.28. The Hall–Kier alpha value is -2.66. The van der Waals surface area contributed by atoms with Crippen LogP contribution in [0, 0.1) is 4.77 Å². The van der Waals surface area contributed by atoms with Crippen molar-refractivity contribution in [2.24, 2.45) is 0 Å². The van der Waals surface area contributed by atoms with Gasteiger partial charge in [0.1, 0.15) is 5.75 Å². The van der Waals surface area contributed by atoms with Gasteiger partial charge in [0, 0.05) is 16.5 Å². The largest absolute Gasteiger partial charge is 0.495 e. The van der Waals surface area contributed by atoms with Gasteiger partial charge in [0.25, 0.3) is 5.56 Å². The molecule has 0 amide bonds. The number of hydrogen-bond acceptors (Lipinski definition) is 3. The zero-order valence-electron chi connectivity index (χ0n) is 15.7. The van der Waals surface area contributed by atoms with Crippen molar-refractivity contribution in [1.29, 1.82) is 0 Å². The predicted octanol–water partition coefficient (Wildman–Crippen LogP) is 4.79. The summed E-state index contributed by atoms with van der Waals surface area (Å²) in [6, 6.07) is 15.7. The maximum atomic E-state index is 13.7. The lowest BCUT2D eigenvalue weighted by Crippen LogP contribution is -2.39. The van der Waals surface area contributed by atoms with Gasteiger partial charge in [0.2, 0.25) is 0 Å². The average Bonchev–Trinajstić information content (AvgIpc) is 2.68. The minimum atomic E-state index is -0.260. The van der Waals surface area contributed by atoms with Gasteiger partial charge >= 0.3 is 0 Å². The first kappa shape index (κ1) is 17.7. The van der Waals surface area contributed by atoms with E-state index in [4.69, 9.17) is 17.0 Å². The van der Waals surface area contributed by atoms with Gasteiger partial charge in [-0.1, -0.05) is 50.2 Å². The number of hydrogen-bond donors (Lipinski definition) is 1. The zero-order valence-corrected chi connectivity index (χ0v) is 16.5. The average molecular weight is 378 g/mol. The van der Waals surface area contributed by atoms with E-state index in [1.165, 1.54) is 5.56 Å². The maximum Gasteiger partial charge on any atom is 0.263 e. The van der Waals surface area contributed by atoms with Crippen LogP contribution in [0.1, 0.15) is 31.4 Å². The highest BCUT2D eigenvalue weighted by atomic mass is 32.1. The van der Waals surface area contributed by atoms with E-state index in [-0.39, 0.29) is 11.0 Å². The molecule has 1 aliphatic carbocycles. The van der Waals surface area contributed by atoms with Crippen LogP contribution in [0.5, 0.6) is 5.75 Å². The first-order valence-electron chi connectivity index (χ1n) is 9.11. The van der Waals surface area contributed by atoms with Gasteiger partial charge in [-0.2, -0.15) is 0 Å². The minimum Gasteiger partial charge on any atom is -0.495 e. The Morgan fingerprint density at radius 1 is 1.19 bits per heavy atom. The molecule has 3 aromatic rings. The molecule has 138 valence electrons. The fourth-order valence-corrected chi connectivity index (χ4v) is 4.34. The van der Waals surface area contributed by atoms with Crippen LogP contribution in [0.2, 0.25) is 0 Å². The Balaban J connectivity index is 2.11. The molecule has 27 heavy (non-hydrogen) atoms. The number of ether oxygens (including phenoxy) is 1. The fraction of sp³-hybridized carbons (Fsp3) is 0.273. The van der Waals surface area contributed by atoms with Crippen molar-refractivity contribution < 1.29 is 4.74 Å². The number of para-hydroxylation sites is 2. The van der Waals surface area contributed by atoms with Gasteiger partial charge in [-0.05, 0) is 42.8 Å². The van der Waals surface area contributed by atoms with E-state index in [9.17, 15) is 4.79 Å². The minimum absolute atomic E-state index is 0.0721. The quantitative estimate of drug-likeness (QED) is 0.666. The molecule has 1 aliphatic rings. The molecule has 0 spiro atoms. The second-order valence-corrected chi connectivity index (χ2v) is 7.63. The molecule has 0 saturated carbocycles. The summed E-state index contributed by atoms with van der Waals surface area (Å²) in [6.45, 7) is 4.29. The standard InChI is InChI=1S/C22H22N2O2S/c1-4-22(2)13-14-9-5-6-10-15(14)19-18(22)20(25)24(21(27)23-19)16-11-7-8-12-17(16)26-3/h5-12H,4,13H2,1-3H3,(H,23,27)/t22-/m1/s1. The molecule has 2 aromatic carbocycles. The van der Waals surface area contributed by atoms with Crippen LogP contribution in [-0.4, -0.2) is 16.7 Å². The highest BCUT2D eigenvalue weighted by Crippen LogP contribution is 2.42. The van der Waals surface area contributed by atoms with E-state index < -0.39 is 0 Å². The van der Waals surface area contributed by atoms with Gasteiger partial charge in [-0.25, -0.2) is 4.57 Å². The molecule has 4 rings (SSSR count). The molecule has 0 unspecified atom stereocenters. The molecule has 1 aromatic heterocycles. The number of aromatic nitrogens is 2. The number of fused-ring (bicyclic) bond motifs is 3. The number of rotatable bonds is 3. The summed E-state index contributed by atoms with van der Waals surface area (Å²) >= 11 is 5.61. The number of H-pyrrole nitrogens is 1. The summed E-state index contributed by atoms with van der Waals surface area (Å²) in [4.78, 5) is 17.1. The van der Waals surface area contributed by atoms with Crippen LogP contribution in [-0.2, 0) is 11.8 Å². The molecule has 0 radical (unpaired) electrons. The Labute approximate surface area is 163 Å². The third kappa shape index (κ3) is 2.65. The van der Waals surface area contributed by atoms with Gasteiger partial charge in [-0.3, -0.25) is 4.79 Å². The topological polar surface area (TPSA) is 47.0 Å². The van der Waals surface area contributed by atoms with Crippen LogP contribution in [0.25, 0.3) is 16.9 Å². The highest BCUT2D eigenvalue weighted by molar-refractivity contribution is 7.71. The molecule has 0 fully saturated rings. The number of nitrogens with one attached hydrogen (secondary N) is 1. The summed E-state index contributed by atoms with van der Waals surface area (Å²) < 4.78 is 7.41. The van der Waals surface area contributed by atoms with E-state index in [0.717, 1.165) is 29.7 Å². The first-order chi connectivity index (χ1) is 13.0. The Bertz CT molecular complexity index is 1150. The smallest absolute Gasteiger partial charge is 0.263 e. The summed E-state index contributed by atoms with van der Waals surface area (Å²) in [5.74, 6) is 0.619. The maximum absolute atomic E-state index is 13.7. The van der Waals surface area contributed by atoms with Gasteiger partial charge in [0.15, 0.2) is 4.77 Å². The summed E-state index contributed by atoms with van der Waals surface area (Å²) in [6.07, 6.45) is 1.69. The molecule has 0 saturated heterocycles. The van der Waals surface area contributed by atoms with Crippen molar-refractivity contribution in [2.75, 3.05) is 7.11 Å². The van der Waals surface area contributed by atoms with Gasteiger partial charge in [-0.15, -0.1) is 0 Å². The SMILES string of the molecule is CC[C@]1(C)Cc2ccccc2-c2[nH]c(=S)n(-c3ccccc3OC)c(=O)c21. The van der Waals surface area contributed by atoms with Crippen molar-refractivity contribution >= 4 is 12.2 Å². The molecule has 0 aliphatic heterocycles. The van der Waals surface area contributed by atoms with Crippen LogP contribution >= 0.6 is 12.2 Å². The molecule has 1 atom stereocenters. The molecule has 1 heterocycles. The molecular weight excluding hydrogens is 356 g/mol. The number of nitrogens with zero attached hydrogens (tertiary/aromatic N) is 1. The summed E-state index contributed by atoms with van der Waals surface area (Å²) in [7, 11) is 1.60. The highest BCUT2D eigenvalue weighted by Gasteiger charge is 2.37. The lowest BCUT2D eigenvalue weighted by molar-refractivity contribution is 0.411. The van der Waals surface area contributed by atoms with Gasteiger partial charge < -0.3 is 9.72 Å². The van der Waals surface area contributed by atoms with E-state index in [1.54, 1.807) is 11.7 Å². The monoisotopic (exact) mass is 378 g/mol. The number of aromatic amines is 1. The number of benzene rings is 2. The number of methoxy groups -OCH3 is 1. The van der Waals surface area contributed by atoms with E-state index in [1.807, 2.05) is 36.4 Å². The zero-order chi connectivity index (χ0) is 19.2. The van der Waals surface area contributed by atoms with Gasteiger partial charge in [0.05, 0.1) is 18.5 Å². The molecular formula is C22H22N2O2S. The Morgan fingerprint density at radius 2 is 1.89 bits per heavy atom. The second kappa shape index (κ2) is 6.50. The third-order valence-electron chi connectivity index (χ3n) is 5.68. The molecule has 1 N–H and O–H groups in total. The second-order valence-electron chi connectivity index (χ2n) is 7.24. The van der Waals surface area contributed by atoms with Crippen molar-refractivity contribution in [2.45, 2.75) is 32.1 Å². The van der Waals surface area contributed by atoms with Crippen LogP contribution < -0.4 is 10.3 Å². The van der Waals surface area contributed by atoms with Crippen LogP contribution in [0.15, 0.2) is 53.3 Å². The van der Waals surface area contributed by atoms with E-state index in [2.05, 4.69) is 31.0 Å².